The van der Waals surface area contributed by atoms with Gasteiger partial charge >= 0.3 is 0 Å². The van der Waals surface area contributed by atoms with Gasteiger partial charge in [0.2, 0.25) is 5.91 Å². The van der Waals surface area contributed by atoms with E-state index in [1.807, 2.05) is 68.6 Å². The number of thiazole rings is 1. The van der Waals surface area contributed by atoms with Crippen molar-refractivity contribution in [2.75, 3.05) is 5.32 Å². The third-order valence-corrected chi connectivity index (χ3v) is 5.52. The quantitative estimate of drug-likeness (QED) is 0.476. The second-order valence-electron chi connectivity index (χ2n) is 7.08. The molecule has 0 radical (unpaired) electrons. The third kappa shape index (κ3) is 3.84. The Morgan fingerprint density at radius 3 is 2.55 bits per heavy atom. The molecule has 4 aromatic rings. The Morgan fingerprint density at radius 2 is 1.83 bits per heavy atom. The van der Waals surface area contributed by atoms with Crippen molar-refractivity contribution >= 4 is 39.2 Å². The number of rotatable bonds is 4. The molecule has 2 heterocycles. The fourth-order valence-corrected chi connectivity index (χ4v) is 4.14. The van der Waals surface area contributed by atoms with Crippen LogP contribution in [0.5, 0.6) is 0 Å². The van der Waals surface area contributed by atoms with Crippen LogP contribution in [0.15, 0.2) is 54.0 Å². The van der Waals surface area contributed by atoms with Gasteiger partial charge in [0.05, 0.1) is 11.2 Å². The van der Waals surface area contributed by atoms with E-state index in [1.54, 1.807) is 10.8 Å². The number of nitrogens with one attached hydrogen (secondary N) is 1. The highest BCUT2D eigenvalue weighted by Gasteiger charge is 2.12. The highest BCUT2D eigenvalue weighted by atomic mass is 32.1. The molecule has 0 aliphatic carbocycles. The number of anilines is 1. The summed E-state index contributed by atoms with van der Waals surface area (Å²) in [4.78, 5) is 29.1. The molecule has 29 heavy (non-hydrogen) atoms. The van der Waals surface area contributed by atoms with Crippen LogP contribution in [0.2, 0.25) is 0 Å². The molecule has 1 amide bonds. The first kappa shape index (κ1) is 19.1. The van der Waals surface area contributed by atoms with Crippen LogP contribution in [-0.2, 0) is 0 Å². The van der Waals surface area contributed by atoms with E-state index in [9.17, 15) is 9.59 Å². The Hall–Kier alpha value is -3.25. The van der Waals surface area contributed by atoms with Crippen LogP contribution >= 0.6 is 11.3 Å². The lowest BCUT2D eigenvalue weighted by molar-refractivity contribution is 0.0913. The summed E-state index contributed by atoms with van der Waals surface area (Å²) in [5, 5.41) is 6.35. The number of benzene rings is 2. The van der Waals surface area contributed by atoms with Crippen LogP contribution < -0.4 is 5.32 Å². The fourth-order valence-electron chi connectivity index (χ4n) is 3.43. The number of hydrogen-bond acceptors (Lipinski definition) is 4. The van der Waals surface area contributed by atoms with Gasteiger partial charge < -0.3 is 0 Å². The molecule has 0 saturated heterocycles. The lowest BCUT2D eigenvalue weighted by Gasteiger charge is -2.05. The number of aryl methyl sites for hydroxylation is 2. The van der Waals surface area contributed by atoms with Crippen LogP contribution in [0.3, 0.4) is 0 Å². The normalized spacial score (nSPS) is 11.0. The maximum atomic E-state index is 12.6. The van der Waals surface area contributed by atoms with E-state index in [0.29, 0.717) is 17.1 Å². The summed E-state index contributed by atoms with van der Waals surface area (Å²) in [5.74, 6) is -0.0962. The zero-order chi connectivity index (χ0) is 20.5. The van der Waals surface area contributed by atoms with E-state index in [2.05, 4.69) is 10.3 Å². The van der Waals surface area contributed by atoms with Gasteiger partial charge in [-0.25, -0.2) is 4.98 Å². The molecule has 2 aromatic heterocycles. The number of aromatic nitrogens is 2. The van der Waals surface area contributed by atoms with Crippen LogP contribution in [0.4, 0.5) is 5.13 Å². The maximum absolute atomic E-state index is 12.6. The molecule has 0 aliphatic rings. The molecule has 4 rings (SSSR count). The summed E-state index contributed by atoms with van der Waals surface area (Å²) >= 11 is 1.39. The lowest BCUT2D eigenvalue weighted by Crippen LogP contribution is -2.12. The van der Waals surface area contributed by atoms with Crippen LogP contribution in [0, 0.1) is 13.8 Å². The van der Waals surface area contributed by atoms with Gasteiger partial charge in [0.15, 0.2) is 5.13 Å². The van der Waals surface area contributed by atoms with Crippen molar-refractivity contribution in [3.8, 4) is 11.3 Å². The zero-order valence-corrected chi connectivity index (χ0v) is 17.3. The molecular weight excluding hydrogens is 382 g/mol. The minimum atomic E-state index is -0.164. The van der Waals surface area contributed by atoms with Gasteiger partial charge in [-0.3, -0.25) is 19.5 Å². The second-order valence-corrected chi connectivity index (χ2v) is 7.93. The summed E-state index contributed by atoms with van der Waals surface area (Å²) in [6, 6.07) is 13.6. The Kier molecular flexibility index (Phi) is 5.03. The molecule has 0 spiro atoms. The van der Waals surface area contributed by atoms with Gasteiger partial charge in [0.1, 0.15) is 0 Å². The summed E-state index contributed by atoms with van der Waals surface area (Å²) in [6.45, 7) is 5.80. The van der Waals surface area contributed by atoms with Gasteiger partial charge in [-0.15, -0.1) is 11.3 Å². The van der Waals surface area contributed by atoms with Crippen molar-refractivity contribution in [1.82, 2.24) is 9.55 Å². The average molecular weight is 404 g/mol. The van der Waals surface area contributed by atoms with Gasteiger partial charge in [-0.1, -0.05) is 30.2 Å². The van der Waals surface area contributed by atoms with Gasteiger partial charge in [0.25, 0.3) is 5.91 Å². The number of carbonyl (C=O) groups is 2. The van der Waals surface area contributed by atoms with Crippen molar-refractivity contribution < 1.29 is 9.59 Å². The molecule has 0 atom stereocenters. The predicted octanol–water partition coefficient (Wildman–Crippen LogP) is 5.68. The Bertz CT molecular complexity index is 1220. The maximum Gasteiger partial charge on any atom is 0.257 e. The molecule has 5 nitrogen and oxygen atoms in total. The van der Waals surface area contributed by atoms with Crippen LogP contribution in [0.25, 0.3) is 22.2 Å². The Balaban J connectivity index is 1.57. The highest BCUT2D eigenvalue weighted by Crippen LogP contribution is 2.28. The van der Waals surface area contributed by atoms with Crippen molar-refractivity contribution in [3.63, 3.8) is 0 Å². The van der Waals surface area contributed by atoms with Crippen molar-refractivity contribution in [2.24, 2.45) is 0 Å². The van der Waals surface area contributed by atoms with Crippen LogP contribution in [0.1, 0.15) is 39.6 Å². The van der Waals surface area contributed by atoms with E-state index in [1.165, 1.54) is 11.3 Å². The van der Waals surface area contributed by atoms with E-state index in [-0.39, 0.29) is 11.8 Å². The standard InChI is InChI=1S/C23H21N3O2S/c1-4-21(27)26-8-7-17-12-16(5-6-20(17)26)19-13-29-23(24-19)25-22(28)18-10-14(2)9-15(3)11-18/h5-13H,4H2,1-3H3,(H,24,25,28). The van der Waals surface area contributed by atoms with E-state index in [0.717, 1.165) is 33.3 Å². The molecule has 146 valence electrons. The number of carbonyl (C=O) groups excluding carboxylic acids is 2. The SMILES string of the molecule is CCC(=O)n1ccc2cc(-c3csc(NC(=O)c4cc(C)cc(C)c4)n3)ccc21. The smallest absolute Gasteiger partial charge is 0.257 e. The Morgan fingerprint density at radius 1 is 1.07 bits per heavy atom. The number of amides is 1. The van der Waals surface area contributed by atoms with Gasteiger partial charge in [0, 0.05) is 34.5 Å². The number of hydrogen-bond donors (Lipinski definition) is 1. The third-order valence-electron chi connectivity index (χ3n) is 4.77. The molecule has 6 heteroatoms. The summed E-state index contributed by atoms with van der Waals surface area (Å²) in [7, 11) is 0. The van der Waals surface area contributed by atoms with Crippen molar-refractivity contribution in [1.29, 1.82) is 0 Å². The van der Waals surface area contributed by atoms with Crippen molar-refractivity contribution in [3.05, 3.63) is 70.7 Å². The first-order chi connectivity index (χ1) is 13.9. The second kappa shape index (κ2) is 7.64. The molecule has 0 fully saturated rings. The van der Waals surface area contributed by atoms with Crippen LogP contribution in [-0.4, -0.2) is 21.4 Å². The summed E-state index contributed by atoms with van der Waals surface area (Å²) in [6.07, 6.45) is 2.26. The number of nitrogens with zero attached hydrogens (tertiary/aromatic N) is 2. The molecule has 0 saturated carbocycles. The largest absolute Gasteiger partial charge is 0.298 e. The molecule has 1 N–H and O–H groups in total. The molecular formula is C23H21N3O2S. The van der Waals surface area contributed by atoms with E-state index < -0.39 is 0 Å². The van der Waals surface area contributed by atoms with Gasteiger partial charge in [-0.05, 0) is 44.2 Å². The first-order valence-corrected chi connectivity index (χ1v) is 10.3. The molecule has 0 aliphatic heterocycles. The molecule has 2 aromatic carbocycles. The van der Waals surface area contributed by atoms with Crippen molar-refractivity contribution in [2.45, 2.75) is 27.2 Å². The Labute approximate surface area is 173 Å². The average Bonchev–Trinajstić information content (AvgIpc) is 3.33. The number of fused-ring (bicyclic) bond motifs is 1. The highest BCUT2D eigenvalue weighted by molar-refractivity contribution is 7.14. The van der Waals surface area contributed by atoms with E-state index in [4.69, 9.17) is 0 Å². The molecule has 0 unspecified atom stereocenters. The molecule has 0 bridgehead atoms. The lowest BCUT2D eigenvalue weighted by atomic mass is 10.1. The summed E-state index contributed by atoms with van der Waals surface area (Å²) < 4.78 is 1.68. The minimum absolute atomic E-state index is 0.0674. The van der Waals surface area contributed by atoms with E-state index >= 15 is 0 Å². The summed E-state index contributed by atoms with van der Waals surface area (Å²) in [5.41, 5.74) is 5.36. The first-order valence-electron chi connectivity index (χ1n) is 9.44. The minimum Gasteiger partial charge on any atom is -0.298 e. The monoisotopic (exact) mass is 403 g/mol. The topological polar surface area (TPSA) is 64.0 Å². The zero-order valence-electron chi connectivity index (χ0n) is 16.5. The van der Waals surface area contributed by atoms with Gasteiger partial charge in [-0.2, -0.15) is 0 Å². The fraction of sp³-hybridized carbons (Fsp3) is 0.174. The predicted molar refractivity (Wildman–Crippen MR) is 118 cm³/mol.